The van der Waals surface area contributed by atoms with Crippen molar-refractivity contribution in [1.29, 1.82) is 0 Å². The number of piperidine rings is 1. The number of amides is 1. The van der Waals surface area contributed by atoms with Gasteiger partial charge >= 0.3 is 0 Å². The van der Waals surface area contributed by atoms with Crippen LogP contribution in [0.1, 0.15) is 29.0 Å². The molecule has 7 heteroatoms. The average molecular weight is 330 g/mol. The summed E-state index contributed by atoms with van der Waals surface area (Å²) in [4.78, 5) is 24.6. The third kappa shape index (κ3) is 3.35. The van der Waals surface area contributed by atoms with Crippen molar-refractivity contribution in [3.05, 3.63) is 57.8 Å². The van der Waals surface area contributed by atoms with Gasteiger partial charge < -0.3 is 10.6 Å². The van der Waals surface area contributed by atoms with Crippen molar-refractivity contribution in [3.8, 4) is 5.69 Å². The first-order valence-electron chi connectivity index (χ1n) is 7.94. The van der Waals surface area contributed by atoms with E-state index in [1.807, 2.05) is 0 Å². The third-order valence-corrected chi connectivity index (χ3v) is 4.04. The fourth-order valence-electron chi connectivity index (χ4n) is 2.80. The first kappa shape index (κ1) is 16.3. The lowest BCUT2D eigenvalue weighted by molar-refractivity contribution is 0.0922. The summed E-state index contributed by atoms with van der Waals surface area (Å²) in [7, 11) is 0. The van der Waals surface area contributed by atoms with Gasteiger partial charge in [0.05, 0.1) is 0 Å². The molecule has 2 aromatic rings. The number of hydrogen-bond acceptors (Lipinski definition) is 4. The van der Waals surface area contributed by atoms with Crippen LogP contribution in [0, 0.1) is 12.7 Å². The molecule has 1 aromatic carbocycles. The van der Waals surface area contributed by atoms with Crippen molar-refractivity contribution in [1.82, 2.24) is 20.4 Å². The van der Waals surface area contributed by atoms with Gasteiger partial charge in [0.15, 0.2) is 5.69 Å². The van der Waals surface area contributed by atoms with Crippen molar-refractivity contribution < 1.29 is 9.18 Å². The van der Waals surface area contributed by atoms with E-state index in [9.17, 15) is 14.0 Å². The van der Waals surface area contributed by atoms with Crippen molar-refractivity contribution in [3.63, 3.8) is 0 Å². The molecule has 0 aliphatic carbocycles. The van der Waals surface area contributed by atoms with Gasteiger partial charge in [-0.15, -0.1) is 0 Å². The number of benzene rings is 1. The van der Waals surface area contributed by atoms with Crippen molar-refractivity contribution >= 4 is 5.91 Å². The standard InChI is InChI=1S/C17H19FN4O2/c1-11-9-15(23)16(17(24)20-12-5-4-8-19-10-12)21-22(11)14-7-3-2-6-13(14)18/h2-3,6-7,9,12,19H,4-5,8,10H2,1H3,(H,20,24)/t12-/m0/s1. The van der Waals surface area contributed by atoms with Gasteiger partial charge in [-0.3, -0.25) is 9.59 Å². The van der Waals surface area contributed by atoms with Crippen molar-refractivity contribution in [2.45, 2.75) is 25.8 Å². The van der Waals surface area contributed by atoms with E-state index in [1.54, 1.807) is 25.1 Å². The van der Waals surface area contributed by atoms with Crippen LogP contribution in [-0.4, -0.2) is 34.8 Å². The molecule has 6 nitrogen and oxygen atoms in total. The van der Waals surface area contributed by atoms with Gasteiger partial charge in [0.1, 0.15) is 11.5 Å². The molecule has 126 valence electrons. The Bertz CT molecular complexity index is 812. The second-order valence-electron chi connectivity index (χ2n) is 5.88. The highest BCUT2D eigenvalue weighted by Gasteiger charge is 2.21. The van der Waals surface area contributed by atoms with Crippen LogP contribution in [-0.2, 0) is 0 Å². The highest BCUT2D eigenvalue weighted by molar-refractivity contribution is 5.92. The number of carbonyl (C=O) groups excluding carboxylic acids is 1. The van der Waals surface area contributed by atoms with Crippen LogP contribution in [0.4, 0.5) is 4.39 Å². The molecule has 1 saturated heterocycles. The van der Waals surface area contributed by atoms with Crippen LogP contribution in [0.15, 0.2) is 35.1 Å². The summed E-state index contributed by atoms with van der Waals surface area (Å²) < 4.78 is 15.3. The number of halogens is 1. The molecule has 1 atom stereocenters. The molecule has 2 N–H and O–H groups in total. The zero-order chi connectivity index (χ0) is 17.1. The zero-order valence-electron chi connectivity index (χ0n) is 13.4. The zero-order valence-corrected chi connectivity index (χ0v) is 13.4. The molecule has 0 unspecified atom stereocenters. The van der Waals surface area contributed by atoms with Gasteiger partial charge in [0.2, 0.25) is 5.43 Å². The Morgan fingerprint density at radius 3 is 2.92 bits per heavy atom. The number of carbonyl (C=O) groups is 1. The Morgan fingerprint density at radius 2 is 2.21 bits per heavy atom. The molecular weight excluding hydrogens is 311 g/mol. The summed E-state index contributed by atoms with van der Waals surface area (Å²) in [6.45, 7) is 3.24. The molecular formula is C17H19FN4O2. The van der Waals surface area contributed by atoms with E-state index >= 15 is 0 Å². The summed E-state index contributed by atoms with van der Waals surface area (Å²) in [5, 5.41) is 10.1. The van der Waals surface area contributed by atoms with Crippen molar-refractivity contribution in [2.24, 2.45) is 0 Å². The maximum absolute atomic E-state index is 14.0. The Kier molecular flexibility index (Phi) is 4.71. The topological polar surface area (TPSA) is 76.0 Å². The van der Waals surface area contributed by atoms with E-state index in [4.69, 9.17) is 0 Å². The predicted octanol–water partition coefficient (Wildman–Crippen LogP) is 1.16. The number of nitrogens with zero attached hydrogens (tertiary/aromatic N) is 2. The van der Waals surface area contributed by atoms with Crippen LogP contribution in [0.25, 0.3) is 5.69 Å². The smallest absolute Gasteiger partial charge is 0.276 e. The second kappa shape index (κ2) is 6.92. The molecule has 0 spiro atoms. The minimum Gasteiger partial charge on any atom is -0.347 e. The van der Waals surface area contributed by atoms with Crippen molar-refractivity contribution in [2.75, 3.05) is 13.1 Å². The van der Waals surface area contributed by atoms with Crippen LogP contribution >= 0.6 is 0 Å². The number of hydrogen-bond donors (Lipinski definition) is 2. The van der Waals surface area contributed by atoms with Crippen LogP contribution in [0.2, 0.25) is 0 Å². The van der Waals surface area contributed by atoms with Crippen LogP contribution in [0.3, 0.4) is 0 Å². The summed E-state index contributed by atoms with van der Waals surface area (Å²) >= 11 is 0. The Labute approximate surface area is 138 Å². The van der Waals surface area contributed by atoms with Gasteiger partial charge in [-0.25, -0.2) is 9.07 Å². The van der Waals surface area contributed by atoms with Gasteiger partial charge in [0.25, 0.3) is 5.91 Å². The normalized spacial score (nSPS) is 17.5. The summed E-state index contributed by atoms with van der Waals surface area (Å²) in [5.74, 6) is -1.00. The SMILES string of the molecule is Cc1cc(=O)c(C(=O)N[C@H]2CCCNC2)nn1-c1ccccc1F. The molecule has 0 saturated carbocycles. The van der Waals surface area contributed by atoms with E-state index < -0.39 is 17.2 Å². The van der Waals surface area contributed by atoms with E-state index in [-0.39, 0.29) is 17.4 Å². The third-order valence-electron chi connectivity index (χ3n) is 4.04. The first-order valence-corrected chi connectivity index (χ1v) is 7.94. The molecule has 3 rings (SSSR count). The molecule has 1 amide bonds. The molecule has 0 radical (unpaired) electrons. The largest absolute Gasteiger partial charge is 0.347 e. The summed E-state index contributed by atoms with van der Waals surface area (Å²) in [5.41, 5.74) is -0.0415. The van der Waals surface area contributed by atoms with Gasteiger partial charge in [-0.1, -0.05) is 12.1 Å². The summed E-state index contributed by atoms with van der Waals surface area (Å²) in [6, 6.07) is 7.36. The Hall–Kier alpha value is -2.54. The number of nitrogens with one attached hydrogen (secondary N) is 2. The predicted molar refractivity (Wildman–Crippen MR) is 87.9 cm³/mol. The number of aryl methyl sites for hydroxylation is 1. The first-order chi connectivity index (χ1) is 11.6. The quantitative estimate of drug-likeness (QED) is 0.885. The van der Waals surface area contributed by atoms with E-state index in [0.29, 0.717) is 12.2 Å². The molecule has 1 aliphatic rings. The highest BCUT2D eigenvalue weighted by Crippen LogP contribution is 2.13. The lowest BCUT2D eigenvalue weighted by Crippen LogP contribution is -2.47. The number of rotatable bonds is 3. The van der Waals surface area contributed by atoms with Crippen LogP contribution < -0.4 is 16.1 Å². The van der Waals surface area contributed by atoms with Gasteiger partial charge in [-0.05, 0) is 38.4 Å². The van der Waals surface area contributed by atoms with E-state index in [0.717, 1.165) is 19.4 Å². The monoisotopic (exact) mass is 330 g/mol. The molecule has 1 aromatic heterocycles. The lowest BCUT2D eigenvalue weighted by Gasteiger charge is -2.23. The Balaban J connectivity index is 1.94. The lowest BCUT2D eigenvalue weighted by atomic mass is 10.1. The number of aromatic nitrogens is 2. The average Bonchev–Trinajstić information content (AvgIpc) is 2.57. The fraction of sp³-hybridized carbons (Fsp3) is 0.353. The maximum atomic E-state index is 14.0. The minimum absolute atomic E-state index is 0.0318. The van der Waals surface area contributed by atoms with E-state index in [2.05, 4.69) is 15.7 Å². The molecule has 2 heterocycles. The maximum Gasteiger partial charge on any atom is 0.276 e. The molecule has 0 bridgehead atoms. The van der Waals surface area contributed by atoms with E-state index in [1.165, 1.54) is 16.8 Å². The molecule has 1 aliphatic heterocycles. The fourth-order valence-corrected chi connectivity index (χ4v) is 2.80. The highest BCUT2D eigenvalue weighted by atomic mass is 19.1. The second-order valence-corrected chi connectivity index (χ2v) is 5.88. The Morgan fingerprint density at radius 1 is 1.42 bits per heavy atom. The molecule has 24 heavy (non-hydrogen) atoms. The van der Waals surface area contributed by atoms with Crippen LogP contribution in [0.5, 0.6) is 0 Å². The van der Waals surface area contributed by atoms with Gasteiger partial charge in [0, 0.05) is 24.3 Å². The molecule has 1 fully saturated rings. The number of para-hydroxylation sites is 1. The van der Waals surface area contributed by atoms with Gasteiger partial charge in [-0.2, -0.15) is 5.10 Å². The summed E-state index contributed by atoms with van der Waals surface area (Å²) in [6.07, 6.45) is 1.82. The minimum atomic E-state index is -0.529.